The molecule has 1 aliphatic carbocycles. The summed E-state index contributed by atoms with van der Waals surface area (Å²) in [6.07, 6.45) is 7.15. The normalized spacial score (nSPS) is 36.2. The molecule has 1 saturated heterocycles. The Balaban J connectivity index is 1.84. The van der Waals surface area contributed by atoms with E-state index in [0.29, 0.717) is 5.41 Å². The highest BCUT2D eigenvalue weighted by atomic mass is 79.9. The van der Waals surface area contributed by atoms with Crippen LogP contribution >= 0.6 is 15.9 Å². The van der Waals surface area contributed by atoms with E-state index in [1.807, 2.05) is 0 Å². The highest BCUT2D eigenvalue weighted by Gasteiger charge is 2.37. The van der Waals surface area contributed by atoms with Crippen LogP contribution in [0.1, 0.15) is 46.0 Å². The summed E-state index contributed by atoms with van der Waals surface area (Å²) < 4.78 is 0. The highest BCUT2D eigenvalue weighted by Crippen LogP contribution is 2.44. The van der Waals surface area contributed by atoms with E-state index < -0.39 is 0 Å². The van der Waals surface area contributed by atoms with Gasteiger partial charge in [-0.15, -0.1) is 0 Å². The molecule has 0 bridgehead atoms. The molecule has 2 aliphatic rings. The number of alkyl halides is 1. The van der Waals surface area contributed by atoms with Crippen molar-refractivity contribution in [2.75, 3.05) is 19.6 Å². The largest absolute Gasteiger partial charge is 0.302 e. The van der Waals surface area contributed by atoms with Crippen molar-refractivity contribution in [3.63, 3.8) is 0 Å². The molecule has 0 aromatic heterocycles. The lowest BCUT2D eigenvalue weighted by molar-refractivity contribution is 0.0449. The molecule has 2 unspecified atom stereocenters. The summed E-state index contributed by atoms with van der Waals surface area (Å²) in [6.45, 7) is 8.73. The van der Waals surface area contributed by atoms with Crippen LogP contribution in [-0.4, -0.2) is 29.4 Å². The monoisotopic (exact) mass is 273 g/mol. The number of likely N-dealkylation sites (tertiary alicyclic amines) is 1. The maximum atomic E-state index is 3.78. The fourth-order valence-electron chi connectivity index (χ4n) is 3.12. The Morgan fingerprint density at radius 2 is 2.13 bits per heavy atom. The van der Waals surface area contributed by atoms with Gasteiger partial charge in [-0.3, -0.25) is 0 Å². The van der Waals surface area contributed by atoms with Crippen LogP contribution in [0.3, 0.4) is 0 Å². The lowest BCUT2D eigenvalue weighted by Gasteiger charge is -2.47. The number of hydrogen-bond donors (Lipinski definition) is 0. The van der Waals surface area contributed by atoms with Crippen molar-refractivity contribution in [2.24, 2.45) is 11.3 Å². The van der Waals surface area contributed by atoms with Crippen LogP contribution in [0.15, 0.2) is 0 Å². The van der Waals surface area contributed by atoms with E-state index in [1.165, 1.54) is 51.7 Å². The topological polar surface area (TPSA) is 3.24 Å². The number of halogens is 1. The van der Waals surface area contributed by atoms with Gasteiger partial charge < -0.3 is 4.90 Å². The van der Waals surface area contributed by atoms with Crippen molar-refractivity contribution in [2.45, 2.75) is 50.8 Å². The Morgan fingerprint density at radius 1 is 1.40 bits per heavy atom. The van der Waals surface area contributed by atoms with E-state index in [-0.39, 0.29) is 0 Å². The van der Waals surface area contributed by atoms with Gasteiger partial charge in [-0.05, 0) is 43.6 Å². The number of hydrogen-bond acceptors (Lipinski definition) is 1. The fourth-order valence-corrected chi connectivity index (χ4v) is 3.49. The summed E-state index contributed by atoms with van der Waals surface area (Å²) in [6, 6.07) is 0. The number of nitrogens with zero attached hydrogens (tertiary/aromatic N) is 1. The van der Waals surface area contributed by atoms with E-state index in [9.17, 15) is 0 Å². The Morgan fingerprint density at radius 3 is 2.60 bits per heavy atom. The Kier molecular flexibility index (Phi) is 3.77. The van der Waals surface area contributed by atoms with Gasteiger partial charge in [0.1, 0.15) is 0 Å². The predicted octanol–water partition coefficient (Wildman–Crippen LogP) is 3.67. The zero-order chi connectivity index (χ0) is 10.9. The van der Waals surface area contributed by atoms with Gasteiger partial charge in [-0.1, -0.05) is 36.2 Å². The lowest BCUT2D eigenvalue weighted by Crippen LogP contribution is -2.47. The van der Waals surface area contributed by atoms with Gasteiger partial charge >= 0.3 is 0 Å². The van der Waals surface area contributed by atoms with Crippen molar-refractivity contribution >= 4 is 15.9 Å². The van der Waals surface area contributed by atoms with E-state index in [2.05, 4.69) is 34.7 Å². The molecule has 2 fully saturated rings. The third-order valence-corrected chi connectivity index (χ3v) is 5.97. The third kappa shape index (κ3) is 2.58. The molecule has 0 spiro atoms. The maximum Gasteiger partial charge on any atom is 0.0195 e. The van der Waals surface area contributed by atoms with Gasteiger partial charge in [-0.2, -0.15) is 0 Å². The molecule has 2 heteroatoms. The van der Waals surface area contributed by atoms with Crippen LogP contribution in [0.25, 0.3) is 0 Å². The zero-order valence-corrected chi connectivity index (χ0v) is 11.7. The summed E-state index contributed by atoms with van der Waals surface area (Å²) in [5.41, 5.74) is 0.707. The molecule has 0 aromatic carbocycles. The molecule has 1 nitrogen and oxygen atoms in total. The van der Waals surface area contributed by atoms with Crippen LogP contribution < -0.4 is 0 Å². The summed E-state index contributed by atoms with van der Waals surface area (Å²) >= 11 is 3.78. The Bertz CT molecular complexity index is 207. The molecule has 2 atom stereocenters. The molecule has 1 saturated carbocycles. The van der Waals surface area contributed by atoms with Gasteiger partial charge in [0.05, 0.1) is 0 Å². The van der Waals surface area contributed by atoms with Gasteiger partial charge in [0.2, 0.25) is 0 Å². The van der Waals surface area contributed by atoms with E-state index in [1.54, 1.807) is 0 Å². The molecular formula is C13H24BrN. The first-order valence-corrected chi connectivity index (χ1v) is 7.43. The SMILES string of the molecule is CCC1(CN2CCC(Br)C(C)C2)CCC1. The average molecular weight is 274 g/mol. The minimum Gasteiger partial charge on any atom is -0.302 e. The second kappa shape index (κ2) is 4.75. The highest BCUT2D eigenvalue weighted by molar-refractivity contribution is 9.09. The first-order chi connectivity index (χ1) is 7.15. The summed E-state index contributed by atoms with van der Waals surface area (Å²) in [5, 5.41) is 0. The maximum absolute atomic E-state index is 3.78. The average Bonchev–Trinajstić information content (AvgIpc) is 2.17. The molecular weight excluding hydrogens is 250 g/mol. The Labute approximate surface area is 103 Å². The van der Waals surface area contributed by atoms with Crippen molar-refractivity contribution < 1.29 is 0 Å². The molecule has 1 aliphatic heterocycles. The molecule has 2 rings (SSSR count). The van der Waals surface area contributed by atoms with Crippen molar-refractivity contribution in [1.82, 2.24) is 4.90 Å². The smallest absolute Gasteiger partial charge is 0.0195 e. The van der Waals surface area contributed by atoms with Gasteiger partial charge in [0.25, 0.3) is 0 Å². The first-order valence-electron chi connectivity index (χ1n) is 6.52. The van der Waals surface area contributed by atoms with Gasteiger partial charge in [-0.25, -0.2) is 0 Å². The van der Waals surface area contributed by atoms with Crippen LogP contribution in [0.5, 0.6) is 0 Å². The van der Waals surface area contributed by atoms with Crippen molar-refractivity contribution in [1.29, 1.82) is 0 Å². The number of piperidine rings is 1. The zero-order valence-electron chi connectivity index (χ0n) is 10.1. The standard InChI is InChI=1S/C13H24BrN/c1-3-13(6-4-7-13)10-15-8-5-12(14)11(2)9-15/h11-12H,3-10H2,1-2H3. The molecule has 15 heavy (non-hydrogen) atoms. The summed E-state index contributed by atoms with van der Waals surface area (Å²) in [4.78, 5) is 3.47. The van der Waals surface area contributed by atoms with Crippen molar-refractivity contribution in [3.8, 4) is 0 Å². The minimum atomic E-state index is 0.707. The molecule has 88 valence electrons. The van der Waals surface area contributed by atoms with Crippen LogP contribution in [0, 0.1) is 11.3 Å². The summed E-state index contributed by atoms with van der Waals surface area (Å²) in [7, 11) is 0. The fraction of sp³-hybridized carbons (Fsp3) is 1.00. The van der Waals surface area contributed by atoms with Crippen LogP contribution in [-0.2, 0) is 0 Å². The quantitative estimate of drug-likeness (QED) is 0.710. The molecule has 0 amide bonds. The van der Waals surface area contributed by atoms with Crippen LogP contribution in [0.2, 0.25) is 0 Å². The third-order valence-electron chi connectivity index (χ3n) is 4.61. The molecule has 0 aromatic rings. The number of rotatable bonds is 3. The second-order valence-electron chi connectivity index (χ2n) is 5.72. The van der Waals surface area contributed by atoms with Gasteiger partial charge in [0.15, 0.2) is 0 Å². The molecule has 0 radical (unpaired) electrons. The minimum absolute atomic E-state index is 0.707. The van der Waals surface area contributed by atoms with Crippen molar-refractivity contribution in [3.05, 3.63) is 0 Å². The van der Waals surface area contributed by atoms with Gasteiger partial charge in [0, 0.05) is 17.9 Å². The summed E-state index contributed by atoms with van der Waals surface area (Å²) in [5.74, 6) is 0.827. The second-order valence-corrected chi connectivity index (χ2v) is 6.90. The molecule has 0 N–H and O–H groups in total. The predicted molar refractivity (Wildman–Crippen MR) is 69.5 cm³/mol. The van der Waals surface area contributed by atoms with E-state index in [4.69, 9.17) is 0 Å². The lowest BCUT2D eigenvalue weighted by atomic mass is 9.66. The van der Waals surface area contributed by atoms with E-state index in [0.717, 1.165) is 10.7 Å². The van der Waals surface area contributed by atoms with E-state index >= 15 is 0 Å². The Hall–Kier alpha value is 0.440. The molecule has 1 heterocycles. The van der Waals surface area contributed by atoms with Crippen LogP contribution in [0.4, 0.5) is 0 Å². The first kappa shape index (κ1) is 11.9.